The predicted molar refractivity (Wildman–Crippen MR) is 246 cm³/mol. The number of aliphatic hydroxyl groups is 2. The number of hydrogen-bond acceptors (Lipinski definition) is 16. The number of aliphatic hydroxyl groups excluding tert-OH is 2. The molecule has 352 valence electrons. The Bertz CT molecular complexity index is 2630. The maximum Gasteiger partial charge on any atom is 0.243 e. The Hall–Kier alpha value is -6.16. The van der Waals surface area contributed by atoms with Crippen molar-refractivity contribution >= 4 is 25.8 Å². The summed E-state index contributed by atoms with van der Waals surface area (Å²) in [4.78, 5) is 8.47. The molecule has 0 aliphatic heterocycles. The Kier molecular flexibility index (Phi) is 14.9. The van der Waals surface area contributed by atoms with E-state index in [1.807, 2.05) is 26.0 Å². The van der Waals surface area contributed by atoms with E-state index in [0.29, 0.717) is 57.1 Å². The van der Waals surface area contributed by atoms with Gasteiger partial charge in [-0.3, -0.25) is 23.8 Å². The van der Waals surface area contributed by atoms with E-state index in [1.54, 1.807) is 65.8 Å². The van der Waals surface area contributed by atoms with Gasteiger partial charge in [0.05, 0.1) is 52.2 Å². The Morgan fingerprint density at radius 1 is 0.636 bits per heavy atom. The summed E-state index contributed by atoms with van der Waals surface area (Å²) in [5, 5.41) is 37.6. The number of ether oxygens (including phenoxy) is 4. The minimum Gasteiger partial charge on any atom is -0.494 e. The van der Waals surface area contributed by atoms with E-state index in [0.717, 1.165) is 49.7 Å². The van der Waals surface area contributed by atoms with Crippen LogP contribution in [-0.4, -0.2) is 119 Å². The quantitative estimate of drug-likeness (QED) is 0.0991. The minimum atomic E-state index is -3.92. The number of methoxy groups -OCH3 is 4. The molecule has 6 aromatic rings. The smallest absolute Gasteiger partial charge is 0.243 e. The number of rotatable bonds is 18. The average Bonchev–Trinajstić information content (AvgIpc) is 3.84. The first-order chi connectivity index (χ1) is 31.6. The standard InChI is InChI=1S/C23H28N4O5S.C22H27N5O5S/c1-15-10-17(12-24-11-15)23-26-25-21(14-33(29,30)13-18(28)16-6-4-7-16)27(23)22-19(31-2)8-5-9-20(22)32-3;1-14-10-16(12-23-11-14)21-24-25-22(26-33(29,30)13-17(28)15-6-4-7-15)27(21)20-18(31-2)8-5-9-19(20)32-3/h5,8-12,16,18,28H,4,6-7,13-14H2,1-3H3;5,8-12,15,17,28H,4,6-7,13H2,1-3H3,(H,25,26)/t18-;17-/m10/s1. The van der Waals surface area contributed by atoms with Crippen molar-refractivity contribution in [2.75, 3.05) is 44.7 Å². The summed E-state index contributed by atoms with van der Waals surface area (Å²) in [6, 6.07) is 14.3. The van der Waals surface area contributed by atoms with E-state index >= 15 is 0 Å². The highest BCUT2D eigenvalue weighted by molar-refractivity contribution is 7.92. The van der Waals surface area contributed by atoms with E-state index < -0.39 is 37.8 Å². The van der Waals surface area contributed by atoms with Gasteiger partial charge >= 0.3 is 0 Å². The lowest BCUT2D eigenvalue weighted by molar-refractivity contribution is 0.0801. The predicted octanol–water partition coefficient (Wildman–Crippen LogP) is 5.29. The lowest BCUT2D eigenvalue weighted by atomic mass is 9.82. The molecule has 2 fully saturated rings. The van der Waals surface area contributed by atoms with Crippen LogP contribution in [0.25, 0.3) is 34.2 Å². The molecule has 0 bridgehead atoms. The lowest BCUT2D eigenvalue weighted by Crippen LogP contribution is -2.35. The number of sulfone groups is 1. The molecule has 8 rings (SSSR count). The van der Waals surface area contributed by atoms with Crippen molar-refractivity contribution in [1.82, 2.24) is 39.5 Å². The van der Waals surface area contributed by atoms with Gasteiger partial charge in [-0.2, -0.15) is 0 Å². The molecule has 21 heteroatoms. The minimum absolute atomic E-state index is 0.00249. The number of pyridine rings is 2. The maximum atomic E-state index is 13.0. The fourth-order valence-electron chi connectivity index (χ4n) is 7.88. The van der Waals surface area contributed by atoms with Gasteiger partial charge in [0.15, 0.2) is 27.3 Å². The van der Waals surface area contributed by atoms with Crippen molar-refractivity contribution in [1.29, 1.82) is 0 Å². The van der Waals surface area contributed by atoms with Crippen LogP contribution in [0.4, 0.5) is 5.95 Å². The number of nitrogens with one attached hydrogen (secondary N) is 1. The van der Waals surface area contributed by atoms with Gasteiger partial charge in [0.25, 0.3) is 0 Å². The Balaban J connectivity index is 0.000000196. The van der Waals surface area contributed by atoms with Crippen LogP contribution in [0, 0.1) is 25.7 Å². The summed E-state index contributed by atoms with van der Waals surface area (Å²) in [5.74, 6) is 1.68. The Morgan fingerprint density at radius 3 is 1.52 bits per heavy atom. The molecule has 2 aromatic carbocycles. The van der Waals surface area contributed by atoms with Gasteiger partial charge in [-0.1, -0.05) is 25.0 Å². The number of anilines is 1. The molecular weight excluding hydrogens is 891 g/mol. The fraction of sp³-hybridized carbons (Fsp3) is 0.422. The summed E-state index contributed by atoms with van der Waals surface area (Å²) in [6.45, 7) is 3.81. The largest absolute Gasteiger partial charge is 0.494 e. The molecule has 4 heterocycles. The van der Waals surface area contributed by atoms with Crippen LogP contribution in [0.2, 0.25) is 0 Å². The van der Waals surface area contributed by atoms with E-state index in [-0.39, 0.29) is 35.1 Å². The summed E-state index contributed by atoms with van der Waals surface area (Å²) in [5.41, 5.74) is 4.06. The van der Waals surface area contributed by atoms with Crippen molar-refractivity contribution in [2.24, 2.45) is 11.8 Å². The molecule has 4 aromatic heterocycles. The first-order valence-corrected chi connectivity index (χ1v) is 24.9. The van der Waals surface area contributed by atoms with Gasteiger partial charge in [-0.25, -0.2) is 16.8 Å². The SMILES string of the molecule is COc1cccc(OC)c1-n1c(CS(=O)(=O)C[C@@H](O)C2CCC2)nnc1-c1cncc(C)c1.COc1cccc(OC)c1-n1c(NS(=O)(=O)C[C@H](O)C2CCC2)nnc1-c1cncc(C)c1. The second-order valence-electron chi connectivity index (χ2n) is 16.4. The second-order valence-corrected chi connectivity index (χ2v) is 20.3. The molecule has 2 atom stereocenters. The molecule has 2 aliphatic rings. The number of para-hydroxylation sites is 2. The molecule has 0 unspecified atom stereocenters. The van der Waals surface area contributed by atoms with Crippen LogP contribution in [0.15, 0.2) is 73.3 Å². The molecule has 19 nitrogen and oxygen atoms in total. The summed E-state index contributed by atoms with van der Waals surface area (Å²) < 4.78 is 79.8. The summed E-state index contributed by atoms with van der Waals surface area (Å²) in [6.07, 6.45) is 10.3. The first-order valence-electron chi connectivity index (χ1n) is 21.4. The highest BCUT2D eigenvalue weighted by atomic mass is 32.2. The maximum absolute atomic E-state index is 13.0. The molecule has 0 radical (unpaired) electrons. The summed E-state index contributed by atoms with van der Waals surface area (Å²) in [7, 11) is -1.52. The second kappa shape index (κ2) is 20.6. The van der Waals surface area contributed by atoms with Crippen LogP contribution in [0.5, 0.6) is 23.0 Å². The van der Waals surface area contributed by atoms with Crippen molar-refractivity contribution < 1.29 is 46.0 Å². The molecule has 2 saturated carbocycles. The molecule has 66 heavy (non-hydrogen) atoms. The Labute approximate surface area is 384 Å². The zero-order valence-corrected chi connectivity index (χ0v) is 39.3. The molecule has 0 amide bonds. The van der Waals surface area contributed by atoms with E-state index in [1.165, 1.54) is 33.0 Å². The summed E-state index contributed by atoms with van der Waals surface area (Å²) >= 11 is 0. The van der Waals surface area contributed by atoms with Gasteiger partial charge in [0.1, 0.15) is 40.1 Å². The normalized spacial score (nSPS) is 15.1. The third kappa shape index (κ3) is 10.8. The highest BCUT2D eigenvalue weighted by Crippen LogP contribution is 2.39. The number of aromatic nitrogens is 8. The fourth-order valence-corrected chi connectivity index (χ4v) is 10.6. The van der Waals surface area contributed by atoms with Crippen LogP contribution in [0.3, 0.4) is 0 Å². The number of sulfonamides is 1. The van der Waals surface area contributed by atoms with Gasteiger partial charge in [0, 0.05) is 35.9 Å². The van der Waals surface area contributed by atoms with E-state index in [4.69, 9.17) is 18.9 Å². The van der Waals surface area contributed by atoms with Crippen LogP contribution in [-0.2, 0) is 25.6 Å². The van der Waals surface area contributed by atoms with Crippen molar-refractivity contribution in [2.45, 2.75) is 70.3 Å². The van der Waals surface area contributed by atoms with Crippen LogP contribution < -0.4 is 23.7 Å². The topological polar surface area (TPSA) is 245 Å². The zero-order chi connectivity index (χ0) is 47.2. The van der Waals surface area contributed by atoms with E-state index in [2.05, 4.69) is 35.1 Å². The van der Waals surface area contributed by atoms with Crippen molar-refractivity contribution in [3.63, 3.8) is 0 Å². The molecular formula is C45H55N9O10S2. The van der Waals surface area contributed by atoms with Gasteiger partial charge in [0.2, 0.25) is 16.0 Å². The molecule has 0 spiro atoms. The van der Waals surface area contributed by atoms with Crippen molar-refractivity contribution in [3.05, 3.63) is 90.3 Å². The van der Waals surface area contributed by atoms with Crippen molar-refractivity contribution in [3.8, 4) is 57.1 Å². The Morgan fingerprint density at radius 2 is 1.08 bits per heavy atom. The number of hydrogen-bond donors (Lipinski definition) is 3. The monoisotopic (exact) mass is 945 g/mol. The highest BCUT2D eigenvalue weighted by Gasteiger charge is 2.33. The first kappa shape index (κ1) is 47.8. The zero-order valence-electron chi connectivity index (χ0n) is 37.7. The van der Waals surface area contributed by atoms with Gasteiger partial charge < -0.3 is 29.2 Å². The lowest BCUT2D eigenvalue weighted by Gasteiger charge is -2.30. The average molecular weight is 946 g/mol. The molecule has 3 N–H and O–H groups in total. The van der Waals surface area contributed by atoms with E-state index in [9.17, 15) is 27.0 Å². The number of benzene rings is 2. The molecule has 0 saturated heterocycles. The van der Waals surface area contributed by atoms with Crippen LogP contribution >= 0.6 is 0 Å². The third-order valence-corrected chi connectivity index (χ3v) is 14.5. The van der Waals surface area contributed by atoms with Crippen LogP contribution in [0.1, 0.15) is 55.5 Å². The van der Waals surface area contributed by atoms with Gasteiger partial charge in [-0.15, -0.1) is 20.4 Å². The third-order valence-electron chi connectivity index (χ3n) is 11.7. The van der Waals surface area contributed by atoms with Gasteiger partial charge in [-0.05, 0) is 98.9 Å². The number of aryl methyl sites for hydroxylation is 2. The number of nitrogens with zero attached hydrogens (tertiary/aromatic N) is 8. The molecule has 2 aliphatic carbocycles.